The van der Waals surface area contributed by atoms with Crippen LogP contribution in [-0.2, 0) is 9.53 Å². The van der Waals surface area contributed by atoms with Gasteiger partial charge in [0.1, 0.15) is 6.04 Å². The summed E-state index contributed by atoms with van der Waals surface area (Å²) in [5.74, 6) is 2.13. The van der Waals surface area contributed by atoms with Crippen LogP contribution in [0.1, 0.15) is 52.4 Å². The third-order valence-electron chi connectivity index (χ3n) is 7.08. The number of H-pyrrole nitrogens is 1. The van der Waals surface area contributed by atoms with Crippen molar-refractivity contribution in [2.45, 2.75) is 64.5 Å². The minimum absolute atomic E-state index is 0. The summed E-state index contributed by atoms with van der Waals surface area (Å²) in [4.78, 5) is 12.6. The first-order valence-corrected chi connectivity index (χ1v) is 11.7. The first-order chi connectivity index (χ1) is 15.2. The summed E-state index contributed by atoms with van der Waals surface area (Å²) in [6.07, 6.45) is 6.29. The summed E-state index contributed by atoms with van der Waals surface area (Å²) < 4.78 is 5.64. The Morgan fingerprint density at radius 2 is 1.94 bits per heavy atom. The second-order valence-corrected chi connectivity index (χ2v) is 8.96. The van der Waals surface area contributed by atoms with Crippen LogP contribution in [0.3, 0.4) is 0 Å². The van der Waals surface area contributed by atoms with Crippen molar-refractivity contribution in [1.82, 2.24) is 25.9 Å². The number of nitrogens with one attached hydrogen (secondary N) is 3. The molecule has 0 bridgehead atoms. The van der Waals surface area contributed by atoms with Crippen molar-refractivity contribution >= 4 is 36.5 Å². The lowest BCUT2D eigenvalue weighted by Crippen LogP contribution is -2.51. The van der Waals surface area contributed by atoms with E-state index in [0.29, 0.717) is 36.2 Å². The molecule has 2 aromatic rings. The Balaban J connectivity index is 0.00000193. The largest absolute Gasteiger partial charge is 0.464 e. The van der Waals surface area contributed by atoms with Crippen LogP contribution in [0.25, 0.3) is 11.4 Å². The van der Waals surface area contributed by atoms with Gasteiger partial charge in [0.05, 0.1) is 6.61 Å². The molecule has 33 heavy (non-hydrogen) atoms. The Labute approximate surface area is 208 Å². The second kappa shape index (κ2) is 13.1. The first-order valence-electron chi connectivity index (χ1n) is 11.7. The molecule has 0 radical (unpaired) electrons. The topological polar surface area (TPSA) is 105 Å². The highest BCUT2D eigenvalue weighted by atomic mass is 35.5. The fourth-order valence-electron chi connectivity index (χ4n) is 5.00. The van der Waals surface area contributed by atoms with Gasteiger partial charge in [-0.15, -0.1) is 35.0 Å². The van der Waals surface area contributed by atoms with Gasteiger partial charge in [0.15, 0.2) is 0 Å². The predicted molar refractivity (Wildman–Crippen MR) is 134 cm³/mol. The summed E-state index contributed by atoms with van der Waals surface area (Å²) in [6, 6.07) is 8.27. The maximum Gasteiger partial charge on any atom is 0.323 e. The molecule has 3 N–H and O–H groups in total. The van der Waals surface area contributed by atoms with E-state index in [0.717, 1.165) is 56.3 Å². The van der Waals surface area contributed by atoms with Crippen LogP contribution in [0.15, 0.2) is 24.3 Å². The SMILES string of the molecule is CCC(CC)COC(=O)[C@@H]1C[C@@H]2C[C@@H](Nc3ccccc3-c3nn[nH]n3)CC[C@H]2CN1.Cl.Cl. The van der Waals surface area contributed by atoms with Gasteiger partial charge in [0.2, 0.25) is 5.82 Å². The summed E-state index contributed by atoms with van der Waals surface area (Å²) >= 11 is 0. The number of tetrazole rings is 1. The van der Waals surface area contributed by atoms with E-state index in [-0.39, 0.29) is 36.8 Å². The lowest BCUT2D eigenvalue weighted by Gasteiger charge is -2.42. The highest BCUT2D eigenvalue weighted by Crippen LogP contribution is 2.38. The van der Waals surface area contributed by atoms with E-state index < -0.39 is 0 Å². The number of anilines is 1. The number of rotatable bonds is 8. The van der Waals surface area contributed by atoms with E-state index in [1.807, 2.05) is 18.2 Å². The van der Waals surface area contributed by atoms with Crippen LogP contribution in [-0.4, -0.2) is 51.8 Å². The lowest BCUT2D eigenvalue weighted by atomic mass is 9.72. The fraction of sp³-hybridized carbons (Fsp3) is 0.652. The van der Waals surface area contributed by atoms with E-state index in [1.165, 1.54) is 0 Å². The third kappa shape index (κ3) is 6.80. The van der Waals surface area contributed by atoms with Crippen LogP contribution < -0.4 is 10.6 Å². The summed E-state index contributed by atoms with van der Waals surface area (Å²) in [5.41, 5.74) is 1.98. The Morgan fingerprint density at radius 1 is 1.15 bits per heavy atom. The van der Waals surface area contributed by atoms with Gasteiger partial charge in [0.25, 0.3) is 0 Å². The maximum absolute atomic E-state index is 12.6. The number of esters is 1. The zero-order valence-corrected chi connectivity index (χ0v) is 21.0. The quantitative estimate of drug-likeness (QED) is 0.467. The van der Waals surface area contributed by atoms with Crippen molar-refractivity contribution in [3.8, 4) is 11.4 Å². The molecule has 1 aromatic heterocycles. The van der Waals surface area contributed by atoms with Crippen molar-refractivity contribution in [2.24, 2.45) is 17.8 Å². The molecular weight excluding hydrogens is 463 g/mol. The Morgan fingerprint density at radius 3 is 2.67 bits per heavy atom. The molecule has 4 atom stereocenters. The standard InChI is InChI=1S/C23H34N6O2.2ClH/c1-3-15(4-2)14-31-23(30)21-12-17-11-18(10-9-16(17)13-24-21)25-20-8-6-5-7-19(20)22-26-28-29-27-22;;/h5-8,15-18,21,24-25H,3-4,9-14H2,1-2H3,(H,26,27,28,29);2*1H/t16-,17-,18-,21-;;/m0../s1. The van der Waals surface area contributed by atoms with E-state index >= 15 is 0 Å². The number of benzene rings is 1. The van der Waals surface area contributed by atoms with Gasteiger partial charge in [0, 0.05) is 17.3 Å². The number of ether oxygens (including phenoxy) is 1. The van der Waals surface area contributed by atoms with Gasteiger partial charge in [-0.3, -0.25) is 4.79 Å². The molecule has 4 rings (SSSR count). The van der Waals surface area contributed by atoms with Crippen LogP contribution >= 0.6 is 24.8 Å². The van der Waals surface area contributed by atoms with Gasteiger partial charge in [-0.25, -0.2) is 0 Å². The molecule has 2 heterocycles. The third-order valence-corrected chi connectivity index (χ3v) is 7.08. The average molecular weight is 499 g/mol. The molecule has 0 amide bonds. The number of nitrogens with zero attached hydrogens (tertiary/aromatic N) is 3. The number of fused-ring (bicyclic) bond motifs is 1. The van der Waals surface area contributed by atoms with Crippen molar-refractivity contribution in [1.29, 1.82) is 0 Å². The van der Waals surface area contributed by atoms with E-state index in [1.54, 1.807) is 0 Å². The Hall–Kier alpha value is -1.90. The Bertz CT molecular complexity index is 849. The number of aromatic amines is 1. The smallest absolute Gasteiger partial charge is 0.323 e. The number of para-hydroxylation sites is 1. The molecule has 1 saturated carbocycles. The molecule has 0 spiro atoms. The number of aromatic nitrogens is 4. The zero-order valence-electron chi connectivity index (χ0n) is 19.3. The Kier molecular flexibility index (Phi) is 10.9. The minimum Gasteiger partial charge on any atom is -0.464 e. The van der Waals surface area contributed by atoms with Gasteiger partial charge in [-0.1, -0.05) is 38.8 Å². The molecule has 1 aliphatic carbocycles. The van der Waals surface area contributed by atoms with Crippen LogP contribution in [0.4, 0.5) is 5.69 Å². The van der Waals surface area contributed by atoms with Gasteiger partial charge < -0.3 is 15.4 Å². The number of carbonyl (C=O) groups is 1. The molecule has 0 unspecified atom stereocenters. The summed E-state index contributed by atoms with van der Waals surface area (Å²) in [7, 11) is 0. The number of halogens is 2. The van der Waals surface area contributed by atoms with Crippen molar-refractivity contribution in [2.75, 3.05) is 18.5 Å². The highest BCUT2D eigenvalue weighted by Gasteiger charge is 2.38. The van der Waals surface area contributed by atoms with Gasteiger partial charge in [-0.2, -0.15) is 5.21 Å². The molecule has 10 heteroatoms. The van der Waals surface area contributed by atoms with Gasteiger partial charge >= 0.3 is 5.97 Å². The second-order valence-electron chi connectivity index (χ2n) is 8.96. The summed E-state index contributed by atoms with van der Waals surface area (Å²) in [5, 5.41) is 21.6. The highest BCUT2D eigenvalue weighted by molar-refractivity contribution is 5.85. The number of hydrogen-bond donors (Lipinski definition) is 3. The number of piperidine rings is 1. The molecule has 1 aromatic carbocycles. The van der Waals surface area contributed by atoms with E-state index in [2.05, 4.69) is 51.2 Å². The van der Waals surface area contributed by atoms with Crippen LogP contribution in [0, 0.1) is 17.8 Å². The summed E-state index contributed by atoms with van der Waals surface area (Å²) in [6.45, 7) is 5.74. The molecule has 1 saturated heterocycles. The van der Waals surface area contributed by atoms with Crippen LogP contribution in [0.2, 0.25) is 0 Å². The lowest BCUT2D eigenvalue weighted by molar-refractivity contribution is -0.149. The monoisotopic (exact) mass is 498 g/mol. The average Bonchev–Trinajstić information content (AvgIpc) is 3.34. The molecular formula is C23H36Cl2N6O2. The van der Waals surface area contributed by atoms with Crippen molar-refractivity contribution in [3.05, 3.63) is 24.3 Å². The van der Waals surface area contributed by atoms with Crippen LogP contribution in [0.5, 0.6) is 0 Å². The normalized spacial score (nSPS) is 24.2. The van der Waals surface area contributed by atoms with Crippen molar-refractivity contribution in [3.63, 3.8) is 0 Å². The number of hydrogen-bond acceptors (Lipinski definition) is 7. The van der Waals surface area contributed by atoms with Gasteiger partial charge in [-0.05, 0) is 67.3 Å². The molecule has 2 aliphatic rings. The van der Waals surface area contributed by atoms with E-state index in [9.17, 15) is 4.79 Å². The maximum atomic E-state index is 12.6. The van der Waals surface area contributed by atoms with E-state index in [4.69, 9.17) is 4.74 Å². The number of carbonyl (C=O) groups excluding carboxylic acids is 1. The predicted octanol–water partition coefficient (Wildman–Crippen LogP) is 4.25. The molecule has 8 nitrogen and oxygen atoms in total. The minimum atomic E-state index is -0.180. The fourth-order valence-corrected chi connectivity index (χ4v) is 5.00. The first kappa shape index (κ1) is 27.3. The molecule has 2 fully saturated rings. The molecule has 1 aliphatic heterocycles. The van der Waals surface area contributed by atoms with Crippen molar-refractivity contribution < 1.29 is 9.53 Å². The zero-order chi connectivity index (χ0) is 21.6. The molecule has 184 valence electrons.